The van der Waals surface area contributed by atoms with Crippen molar-refractivity contribution in [3.63, 3.8) is 0 Å². The number of ketones is 1. The molecule has 2 amide bonds. The first-order valence-electron chi connectivity index (χ1n) is 11.0. The number of benzene rings is 3. The van der Waals surface area contributed by atoms with Crippen molar-refractivity contribution in [1.82, 2.24) is 0 Å². The Bertz CT molecular complexity index is 1220. The van der Waals surface area contributed by atoms with Crippen molar-refractivity contribution >= 4 is 34.9 Å². The van der Waals surface area contributed by atoms with Crippen LogP contribution in [0.4, 0.5) is 11.4 Å². The molecule has 180 valence electrons. The first-order chi connectivity index (χ1) is 16.8. The summed E-state index contributed by atoms with van der Waals surface area (Å²) in [5.41, 5.74) is 2.46. The molecule has 0 atom stereocenters. The highest BCUT2D eigenvalue weighted by atomic mass is 16.5. The minimum Gasteiger partial charge on any atom is -0.457 e. The van der Waals surface area contributed by atoms with E-state index in [-0.39, 0.29) is 24.5 Å². The van der Waals surface area contributed by atoms with Gasteiger partial charge in [-0.1, -0.05) is 30.3 Å². The Kier molecular flexibility index (Phi) is 8.72. The Hall–Kier alpha value is -4.46. The number of esters is 1. The van der Waals surface area contributed by atoms with E-state index in [2.05, 4.69) is 10.6 Å². The number of hydrogen-bond acceptors (Lipinski definition) is 6. The number of para-hydroxylation sites is 1. The maximum absolute atomic E-state index is 12.1. The van der Waals surface area contributed by atoms with E-state index in [1.54, 1.807) is 42.5 Å². The third kappa shape index (κ3) is 8.12. The van der Waals surface area contributed by atoms with Crippen LogP contribution in [0, 0.1) is 6.92 Å². The second kappa shape index (κ2) is 12.1. The van der Waals surface area contributed by atoms with Gasteiger partial charge in [-0.15, -0.1) is 0 Å². The fourth-order valence-corrected chi connectivity index (χ4v) is 3.07. The molecule has 0 aromatic heterocycles. The highest BCUT2D eigenvalue weighted by molar-refractivity contribution is 5.98. The zero-order valence-electron chi connectivity index (χ0n) is 19.5. The minimum absolute atomic E-state index is 0.0947. The second-order valence-electron chi connectivity index (χ2n) is 7.79. The predicted molar refractivity (Wildman–Crippen MR) is 132 cm³/mol. The van der Waals surface area contributed by atoms with Crippen LogP contribution in [0.15, 0.2) is 72.8 Å². The predicted octanol–water partition coefficient (Wildman–Crippen LogP) is 4.89. The molecule has 0 fully saturated rings. The van der Waals surface area contributed by atoms with E-state index in [1.165, 1.54) is 13.0 Å². The van der Waals surface area contributed by atoms with Gasteiger partial charge in [-0.3, -0.25) is 19.2 Å². The summed E-state index contributed by atoms with van der Waals surface area (Å²) in [7, 11) is 0. The molecule has 3 rings (SSSR count). The molecule has 8 heteroatoms. The van der Waals surface area contributed by atoms with Crippen LogP contribution >= 0.6 is 0 Å². The molecule has 35 heavy (non-hydrogen) atoms. The van der Waals surface area contributed by atoms with Crippen molar-refractivity contribution in [3.8, 4) is 11.5 Å². The summed E-state index contributed by atoms with van der Waals surface area (Å²) in [5.74, 6) is -0.322. The largest absolute Gasteiger partial charge is 0.457 e. The van der Waals surface area contributed by atoms with Gasteiger partial charge in [0.2, 0.25) is 5.91 Å². The van der Waals surface area contributed by atoms with Crippen molar-refractivity contribution in [3.05, 3.63) is 83.9 Å². The monoisotopic (exact) mass is 474 g/mol. The molecule has 0 bridgehead atoms. The number of Topliss-reactive ketones (excluding diaryl/α,β-unsaturated/α-hetero) is 1. The van der Waals surface area contributed by atoms with E-state index in [4.69, 9.17) is 9.47 Å². The van der Waals surface area contributed by atoms with Gasteiger partial charge < -0.3 is 20.1 Å². The fourth-order valence-electron chi connectivity index (χ4n) is 3.07. The minimum atomic E-state index is -0.672. The molecule has 3 aromatic carbocycles. The summed E-state index contributed by atoms with van der Waals surface area (Å²) in [5, 5.41) is 5.26. The van der Waals surface area contributed by atoms with Crippen molar-refractivity contribution in [2.75, 3.05) is 17.2 Å². The Morgan fingerprint density at radius 3 is 2.20 bits per heavy atom. The van der Waals surface area contributed by atoms with E-state index >= 15 is 0 Å². The quantitative estimate of drug-likeness (QED) is 0.320. The topological polar surface area (TPSA) is 111 Å². The van der Waals surface area contributed by atoms with Crippen LogP contribution in [0.1, 0.15) is 35.7 Å². The number of rotatable bonds is 10. The standard InChI is InChI=1S/C27H26N2O6/c1-18-6-3-4-9-24(18)35-23-12-10-21(11-13-23)28-25(31)14-15-27(33)34-17-26(32)29-22-8-5-7-20(16-22)19(2)30/h3-13,16H,14-15,17H2,1-2H3,(H,28,31)(H,29,32). The maximum atomic E-state index is 12.1. The smallest absolute Gasteiger partial charge is 0.306 e. The zero-order chi connectivity index (χ0) is 25.2. The lowest BCUT2D eigenvalue weighted by molar-refractivity contribution is -0.147. The van der Waals surface area contributed by atoms with E-state index < -0.39 is 18.5 Å². The summed E-state index contributed by atoms with van der Waals surface area (Å²) in [6.45, 7) is 2.89. The molecule has 0 heterocycles. The van der Waals surface area contributed by atoms with Crippen molar-refractivity contribution in [2.24, 2.45) is 0 Å². The highest BCUT2D eigenvalue weighted by Gasteiger charge is 2.12. The Morgan fingerprint density at radius 2 is 1.49 bits per heavy atom. The molecule has 0 unspecified atom stereocenters. The first kappa shape index (κ1) is 25.2. The highest BCUT2D eigenvalue weighted by Crippen LogP contribution is 2.25. The van der Waals surface area contributed by atoms with E-state index in [9.17, 15) is 19.2 Å². The Morgan fingerprint density at radius 1 is 0.771 bits per heavy atom. The van der Waals surface area contributed by atoms with E-state index in [0.717, 1.165) is 11.3 Å². The van der Waals surface area contributed by atoms with Gasteiger partial charge >= 0.3 is 5.97 Å². The summed E-state index contributed by atoms with van der Waals surface area (Å²) >= 11 is 0. The lowest BCUT2D eigenvalue weighted by atomic mass is 10.1. The van der Waals surface area contributed by atoms with Crippen LogP contribution in [-0.2, 0) is 19.1 Å². The molecule has 0 radical (unpaired) electrons. The zero-order valence-corrected chi connectivity index (χ0v) is 19.5. The van der Waals surface area contributed by atoms with Gasteiger partial charge in [0.1, 0.15) is 11.5 Å². The number of anilines is 2. The molecular formula is C27H26N2O6. The number of aryl methyl sites for hydroxylation is 1. The Balaban J connectivity index is 1.38. The summed E-state index contributed by atoms with van der Waals surface area (Å²) in [6.07, 6.45) is -0.268. The molecule has 2 N–H and O–H groups in total. The molecular weight excluding hydrogens is 448 g/mol. The summed E-state index contributed by atoms with van der Waals surface area (Å²) < 4.78 is 10.7. The maximum Gasteiger partial charge on any atom is 0.306 e. The molecule has 0 saturated carbocycles. The van der Waals surface area contributed by atoms with Crippen molar-refractivity contribution < 1.29 is 28.7 Å². The third-order valence-electron chi connectivity index (χ3n) is 4.93. The lowest BCUT2D eigenvalue weighted by Crippen LogP contribution is -2.22. The molecule has 0 spiro atoms. The van der Waals surface area contributed by atoms with Crippen molar-refractivity contribution in [2.45, 2.75) is 26.7 Å². The van der Waals surface area contributed by atoms with Crippen LogP contribution in [0.5, 0.6) is 11.5 Å². The molecule has 0 saturated heterocycles. The first-order valence-corrected chi connectivity index (χ1v) is 11.0. The molecule has 3 aromatic rings. The average Bonchev–Trinajstić information content (AvgIpc) is 2.84. The van der Waals surface area contributed by atoms with E-state index in [1.807, 2.05) is 31.2 Å². The van der Waals surface area contributed by atoms with Gasteiger partial charge in [0, 0.05) is 23.4 Å². The summed E-state index contributed by atoms with van der Waals surface area (Å²) in [6, 6.07) is 21.0. The number of hydrogen-bond donors (Lipinski definition) is 2. The normalized spacial score (nSPS) is 10.2. The van der Waals surface area contributed by atoms with Gasteiger partial charge in [0.15, 0.2) is 12.4 Å². The molecule has 8 nitrogen and oxygen atoms in total. The molecule has 0 aliphatic rings. The van der Waals surface area contributed by atoms with Crippen LogP contribution in [0.3, 0.4) is 0 Å². The van der Waals surface area contributed by atoms with Crippen LogP contribution in [-0.4, -0.2) is 30.2 Å². The lowest BCUT2D eigenvalue weighted by Gasteiger charge is -2.10. The second-order valence-corrected chi connectivity index (χ2v) is 7.79. The van der Waals surface area contributed by atoms with Crippen molar-refractivity contribution in [1.29, 1.82) is 0 Å². The molecule has 0 aliphatic heterocycles. The number of nitrogens with one attached hydrogen (secondary N) is 2. The fraction of sp³-hybridized carbons (Fsp3) is 0.185. The van der Waals surface area contributed by atoms with Gasteiger partial charge in [0.25, 0.3) is 5.91 Å². The van der Waals surface area contributed by atoms with E-state index in [0.29, 0.717) is 22.7 Å². The molecule has 0 aliphatic carbocycles. The third-order valence-corrected chi connectivity index (χ3v) is 4.93. The van der Waals surface area contributed by atoms with Crippen LogP contribution in [0.25, 0.3) is 0 Å². The SMILES string of the molecule is CC(=O)c1cccc(NC(=O)COC(=O)CCC(=O)Nc2ccc(Oc3ccccc3C)cc2)c1. The van der Waals surface area contributed by atoms with Gasteiger partial charge in [-0.05, 0) is 61.9 Å². The van der Waals surface area contributed by atoms with Gasteiger partial charge in [0.05, 0.1) is 6.42 Å². The number of ether oxygens (including phenoxy) is 2. The number of carbonyl (C=O) groups excluding carboxylic acids is 4. The van der Waals surface area contributed by atoms with Gasteiger partial charge in [-0.25, -0.2) is 0 Å². The summed E-state index contributed by atoms with van der Waals surface area (Å²) in [4.78, 5) is 47.4. The number of carbonyl (C=O) groups is 4. The van der Waals surface area contributed by atoms with Gasteiger partial charge in [-0.2, -0.15) is 0 Å². The van der Waals surface area contributed by atoms with Crippen LogP contribution in [0.2, 0.25) is 0 Å². The van der Waals surface area contributed by atoms with Crippen LogP contribution < -0.4 is 15.4 Å². The number of amides is 2. The average molecular weight is 475 g/mol. The Labute approximate surface area is 203 Å².